The summed E-state index contributed by atoms with van der Waals surface area (Å²) in [6.07, 6.45) is 5.36. The average Bonchev–Trinajstić information content (AvgIpc) is 2.54. The largest absolute Gasteiger partial charge is 0.455 e. The molecule has 0 aliphatic carbocycles. The Labute approximate surface area is 137 Å². The fourth-order valence-corrected chi connectivity index (χ4v) is 2.32. The number of benzene rings is 1. The van der Waals surface area contributed by atoms with Crippen molar-refractivity contribution in [2.75, 3.05) is 13.6 Å². The van der Waals surface area contributed by atoms with Crippen LogP contribution in [0.4, 0.5) is 0 Å². The van der Waals surface area contributed by atoms with E-state index in [0.717, 1.165) is 44.2 Å². The number of esters is 1. The van der Waals surface area contributed by atoms with E-state index in [2.05, 4.69) is 0 Å². The second-order valence-corrected chi connectivity index (χ2v) is 5.70. The van der Waals surface area contributed by atoms with Crippen molar-refractivity contribution in [2.24, 2.45) is 0 Å². The quantitative estimate of drug-likeness (QED) is 0.356. The highest BCUT2D eigenvalue weighted by molar-refractivity contribution is 5.70. The lowest BCUT2D eigenvalue weighted by Gasteiger charge is -2.11. The summed E-state index contributed by atoms with van der Waals surface area (Å²) in [5.41, 5.74) is 2.22. The van der Waals surface area contributed by atoms with E-state index in [1.807, 2.05) is 24.3 Å². The Morgan fingerprint density at radius 3 is 2.35 bits per heavy atom. The highest BCUT2D eigenvalue weighted by Crippen LogP contribution is 2.11. The molecule has 0 radical (unpaired) electrons. The van der Waals surface area contributed by atoms with Crippen molar-refractivity contribution in [3.8, 4) is 0 Å². The van der Waals surface area contributed by atoms with Crippen LogP contribution < -0.4 is 0 Å². The summed E-state index contributed by atoms with van der Waals surface area (Å²) in [7, 11) is 1.79. The molecule has 23 heavy (non-hydrogen) atoms. The Kier molecular flexibility index (Phi) is 8.65. The molecule has 1 amide bonds. The fourth-order valence-electron chi connectivity index (χ4n) is 2.32. The summed E-state index contributed by atoms with van der Waals surface area (Å²) in [6.45, 7) is 2.10. The van der Waals surface area contributed by atoms with E-state index in [4.69, 9.17) is 4.74 Å². The van der Waals surface area contributed by atoms with Gasteiger partial charge in [0, 0.05) is 26.9 Å². The summed E-state index contributed by atoms with van der Waals surface area (Å²) in [5, 5.41) is 0. The number of carbonyl (C=O) groups is 3. The Hall–Kier alpha value is -2.17. The minimum atomic E-state index is -0.715. The lowest BCUT2D eigenvalue weighted by Crippen LogP contribution is -2.20. The predicted octanol–water partition coefficient (Wildman–Crippen LogP) is 2.16. The van der Waals surface area contributed by atoms with Gasteiger partial charge in [-0.15, -0.1) is 0 Å². The molecule has 0 bridgehead atoms. The number of amides is 1. The lowest BCUT2D eigenvalue weighted by molar-refractivity contribution is -0.149. The van der Waals surface area contributed by atoms with Crippen LogP contribution in [0.1, 0.15) is 37.3 Å². The van der Waals surface area contributed by atoms with Gasteiger partial charge in [0.15, 0.2) is 12.4 Å². The van der Waals surface area contributed by atoms with Crippen LogP contribution in [-0.4, -0.2) is 43.3 Å². The second-order valence-electron chi connectivity index (χ2n) is 5.70. The maximum atomic E-state index is 10.9. The molecule has 0 N–H and O–H groups in total. The Morgan fingerprint density at radius 2 is 1.78 bits per heavy atom. The van der Waals surface area contributed by atoms with Gasteiger partial charge in [-0.05, 0) is 30.4 Å². The van der Waals surface area contributed by atoms with Crippen LogP contribution in [0.15, 0.2) is 24.3 Å². The van der Waals surface area contributed by atoms with Gasteiger partial charge in [0.25, 0.3) is 0 Å². The Balaban J connectivity index is 2.34. The molecule has 1 rings (SSSR count). The summed E-state index contributed by atoms with van der Waals surface area (Å²) < 4.78 is 4.92. The molecule has 0 fully saturated rings. The molecule has 0 spiro atoms. The minimum absolute atomic E-state index is 0.404. The molecule has 1 unspecified atom stereocenters. The third-order valence-corrected chi connectivity index (χ3v) is 3.59. The van der Waals surface area contributed by atoms with Crippen molar-refractivity contribution in [3.63, 3.8) is 0 Å². The molecular weight excluding hydrogens is 294 g/mol. The Bertz CT molecular complexity index is 498. The normalized spacial score (nSPS) is 11.6. The van der Waals surface area contributed by atoms with Crippen molar-refractivity contribution in [3.05, 3.63) is 35.4 Å². The summed E-state index contributed by atoms with van der Waals surface area (Å²) >= 11 is 0. The van der Waals surface area contributed by atoms with E-state index >= 15 is 0 Å². The number of unbranched alkanes of at least 4 members (excludes halogenated alkanes) is 2. The van der Waals surface area contributed by atoms with Crippen LogP contribution >= 0.6 is 0 Å². The molecular formula is C18H25NO4. The van der Waals surface area contributed by atoms with E-state index in [-0.39, 0.29) is 0 Å². The van der Waals surface area contributed by atoms with Gasteiger partial charge in [0.1, 0.15) is 0 Å². The number of nitrogens with zero attached hydrogens (tertiary/aromatic N) is 1. The van der Waals surface area contributed by atoms with Crippen LogP contribution in [0.3, 0.4) is 0 Å². The molecule has 1 aromatic carbocycles. The molecule has 0 aliphatic rings. The zero-order valence-corrected chi connectivity index (χ0v) is 13.9. The van der Waals surface area contributed by atoms with Crippen molar-refractivity contribution in [2.45, 2.75) is 45.1 Å². The van der Waals surface area contributed by atoms with Crippen LogP contribution in [0, 0.1) is 0 Å². The molecule has 0 saturated carbocycles. The van der Waals surface area contributed by atoms with Gasteiger partial charge in [-0.3, -0.25) is 14.4 Å². The summed E-state index contributed by atoms with van der Waals surface area (Å²) in [4.78, 5) is 33.9. The van der Waals surface area contributed by atoms with E-state index < -0.39 is 12.1 Å². The highest BCUT2D eigenvalue weighted by atomic mass is 16.5. The van der Waals surface area contributed by atoms with E-state index in [1.54, 1.807) is 11.9 Å². The molecule has 126 valence electrons. The number of aldehydes is 1. The average molecular weight is 319 g/mol. The number of carbonyl (C=O) groups excluding carboxylic acids is 3. The van der Waals surface area contributed by atoms with Gasteiger partial charge < -0.3 is 9.64 Å². The first-order valence-corrected chi connectivity index (χ1v) is 7.91. The van der Waals surface area contributed by atoms with Gasteiger partial charge in [-0.1, -0.05) is 30.7 Å². The molecule has 0 aliphatic heterocycles. The van der Waals surface area contributed by atoms with Crippen LogP contribution in [0.25, 0.3) is 0 Å². The maximum absolute atomic E-state index is 10.9. The number of ether oxygens (including phenoxy) is 1. The first kappa shape index (κ1) is 18.9. The van der Waals surface area contributed by atoms with Crippen molar-refractivity contribution in [1.29, 1.82) is 0 Å². The van der Waals surface area contributed by atoms with Gasteiger partial charge >= 0.3 is 5.97 Å². The van der Waals surface area contributed by atoms with Gasteiger partial charge in [0.05, 0.1) is 0 Å². The van der Waals surface area contributed by atoms with Crippen LogP contribution in [-0.2, 0) is 32.0 Å². The van der Waals surface area contributed by atoms with Crippen LogP contribution in [0.5, 0.6) is 0 Å². The summed E-state index contributed by atoms with van der Waals surface area (Å²) in [6, 6.07) is 8.02. The molecule has 0 aromatic heterocycles. The summed E-state index contributed by atoms with van der Waals surface area (Å²) in [5.74, 6) is -0.445. The molecule has 0 heterocycles. The number of rotatable bonds is 11. The second kappa shape index (κ2) is 10.5. The van der Waals surface area contributed by atoms with Crippen molar-refractivity contribution < 1.29 is 19.1 Å². The standard InChI is InChI=1S/C18H25NO4/c1-15(22)23-18(13-20)12-17-9-7-16(8-10-17)6-4-3-5-11-19(2)14-21/h7-10,13-14,18H,3-6,11-12H2,1-2H3. The van der Waals surface area contributed by atoms with Crippen LogP contribution in [0.2, 0.25) is 0 Å². The molecule has 1 atom stereocenters. The maximum Gasteiger partial charge on any atom is 0.303 e. The van der Waals surface area contributed by atoms with Crippen molar-refractivity contribution >= 4 is 18.7 Å². The first-order valence-electron chi connectivity index (χ1n) is 7.91. The van der Waals surface area contributed by atoms with E-state index in [0.29, 0.717) is 12.7 Å². The molecule has 5 nitrogen and oxygen atoms in total. The molecule has 1 aromatic rings. The monoisotopic (exact) mass is 319 g/mol. The molecule has 5 heteroatoms. The fraction of sp³-hybridized carbons (Fsp3) is 0.500. The van der Waals surface area contributed by atoms with Gasteiger partial charge in [-0.2, -0.15) is 0 Å². The van der Waals surface area contributed by atoms with Gasteiger partial charge in [0.2, 0.25) is 6.41 Å². The topological polar surface area (TPSA) is 63.7 Å². The minimum Gasteiger partial charge on any atom is -0.455 e. The number of aryl methyl sites for hydroxylation is 1. The third-order valence-electron chi connectivity index (χ3n) is 3.59. The van der Waals surface area contributed by atoms with Gasteiger partial charge in [-0.25, -0.2) is 0 Å². The zero-order valence-electron chi connectivity index (χ0n) is 13.9. The smallest absolute Gasteiger partial charge is 0.303 e. The number of hydrogen-bond acceptors (Lipinski definition) is 4. The number of hydrogen-bond donors (Lipinski definition) is 0. The highest BCUT2D eigenvalue weighted by Gasteiger charge is 2.11. The predicted molar refractivity (Wildman–Crippen MR) is 88.0 cm³/mol. The zero-order chi connectivity index (χ0) is 17.1. The van der Waals surface area contributed by atoms with Crippen molar-refractivity contribution in [1.82, 2.24) is 4.90 Å². The SMILES string of the molecule is CC(=O)OC(C=O)Cc1ccc(CCCCCN(C)C=O)cc1. The third kappa shape index (κ3) is 8.14. The van der Waals surface area contributed by atoms with E-state index in [1.165, 1.54) is 12.5 Å². The van der Waals surface area contributed by atoms with E-state index in [9.17, 15) is 14.4 Å². The Morgan fingerprint density at radius 1 is 1.13 bits per heavy atom. The lowest BCUT2D eigenvalue weighted by atomic mass is 10.0. The first-order chi connectivity index (χ1) is 11.0. The molecule has 0 saturated heterocycles.